The Morgan fingerprint density at radius 3 is 2.71 bits per heavy atom. The summed E-state index contributed by atoms with van der Waals surface area (Å²) in [5.74, 6) is -1.46. The van der Waals surface area contributed by atoms with E-state index in [1.807, 2.05) is 0 Å². The number of nitrogens with zero attached hydrogens (tertiary/aromatic N) is 1. The molecule has 1 amide bonds. The minimum atomic E-state index is -0.811. The van der Waals surface area contributed by atoms with Crippen LogP contribution in [-0.2, 0) is 16.1 Å². The first-order valence-electron chi connectivity index (χ1n) is 7.24. The third kappa shape index (κ3) is 4.18. The third-order valence-corrected chi connectivity index (χ3v) is 3.93. The first-order valence-corrected chi connectivity index (χ1v) is 7.24. The van der Waals surface area contributed by atoms with Gasteiger partial charge in [-0.25, -0.2) is 0 Å². The van der Waals surface area contributed by atoms with Gasteiger partial charge in [0.2, 0.25) is 11.5 Å². The molecular weight excluding hydrogens is 272 g/mol. The zero-order valence-electron chi connectivity index (χ0n) is 11.8. The molecule has 1 aromatic rings. The second-order valence-corrected chi connectivity index (χ2v) is 5.42. The van der Waals surface area contributed by atoms with Gasteiger partial charge in [0.15, 0.2) is 0 Å². The Balaban J connectivity index is 1.70. The normalized spacial score (nSPS) is 21.1. The molecule has 1 aliphatic carbocycles. The van der Waals surface area contributed by atoms with Gasteiger partial charge < -0.3 is 15.0 Å². The van der Waals surface area contributed by atoms with Crippen molar-refractivity contribution in [2.24, 2.45) is 11.8 Å². The highest BCUT2D eigenvalue weighted by molar-refractivity contribution is 5.80. The van der Waals surface area contributed by atoms with Crippen LogP contribution in [0.1, 0.15) is 25.7 Å². The third-order valence-electron chi connectivity index (χ3n) is 3.93. The second kappa shape index (κ2) is 7.06. The van der Waals surface area contributed by atoms with Crippen molar-refractivity contribution in [1.82, 2.24) is 9.88 Å². The summed E-state index contributed by atoms with van der Waals surface area (Å²) in [4.78, 5) is 34.3. The number of aromatic nitrogens is 1. The van der Waals surface area contributed by atoms with Crippen molar-refractivity contribution in [3.05, 3.63) is 34.7 Å². The smallest absolute Gasteiger partial charge is 0.306 e. The number of hydrogen-bond donors (Lipinski definition) is 2. The Bertz CT molecular complexity index is 567. The van der Waals surface area contributed by atoms with Crippen molar-refractivity contribution in [1.29, 1.82) is 0 Å². The summed E-state index contributed by atoms with van der Waals surface area (Å²) in [6.45, 7) is 1.05. The van der Waals surface area contributed by atoms with Gasteiger partial charge in [-0.15, -0.1) is 0 Å². The number of rotatable bonds is 6. The molecule has 0 saturated heterocycles. The van der Waals surface area contributed by atoms with Crippen molar-refractivity contribution < 1.29 is 14.7 Å². The summed E-state index contributed by atoms with van der Waals surface area (Å²) < 4.78 is 1.60. The lowest BCUT2D eigenvalue weighted by Crippen LogP contribution is -2.31. The summed E-state index contributed by atoms with van der Waals surface area (Å²) in [7, 11) is 0. The van der Waals surface area contributed by atoms with Crippen molar-refractivity contribution in [3.63, 3.8) is 0 Å². The highest BCUT2D eigenvalue weighted by atomic mass is 16.4. The van der Waals surface area contributed by atoms with Crippen LogP contribution in [-0.4, -0.2) is 28.1 Å². The van der Waals surface area contributed by atoms with E-state index in [0.717, 1.165) is 0 Å². The van der Waals surface area contributed by atoms with E-state index in [2.05, 4.69) is 5.32 Å². The Morgan fingerprint density at radius 2 is 2.05 bits per heavy atom. The summed E-state index contributed by atoms with van der Waals surface area (Å²) in [6, 6.07) is 4.99. The van der Waals surface area contributed by atoms with E-state index in [0.29, 0.717) is 38.8 Å². The average Bonchev–Trinajstić information content (AvgIpc) is 2.95. The molecule has 1 aromatic heterocycles. The molecule has 1 fully saturated rings. The van der Waals surface area contributed by atoms with Crippen LogP contribution in [0.4, 0.5) is 0 Å². The van der Waals surface area contributed by atoms with Crippen LogP contribution in [0.2, 0.25) is 0 Å². The van der Waals surface area contributed by atoms with Crippen LogP contribution < -0.4 is 10.9 Å². The summed E-state index contributed by atoms with van der Waals surface area (Å²) in [6.07, 6.45) is 4.04. The fourth-order valence-electron chi connectivity index (χ4n) is 2.69. The molecular formula is C15H20N2O4. The maximum atomic E-state index is 11.9. The summed E-state index contributed by atoms with van der Waals surface area (Å²) >= 11 is 0. The molecule has 1 aliphatic rings. The molecule has 6 nitrogen and oxygen atoms in total. The molecule has 0 aliphatic heterocycles. The van der Waals surface area contributed by atoms with Gasteiger partial charge in [-0.1, -0.05) is 6.07 Å². The number of nitrogens with one attached hydrogen (secondary N) is 1. The first-order chi connectivity index (χ1) is 10.1. The molecule has 0 bridgehead atoms. The van der Waals surface area contributed by atoms with Crippen molar-refractivity contribution in [3.8, 4) is 0 Å². The number of carbonyl (C=O) groups is 2. The molecule has 1 saturated carbocycles. The fraction of sp³-hybridized carbons (Fsp3) is 0.533. The molecule has 2 rings (SSSR count). The average molecular weight is 292 g/mol. The van der Waals surface area contributed by atoms with Crippen LogP contribution in [0.3, 0.4) is 0 Å². The lowest BCUT2D eigenvalue weighted by Gasteiger charge is -2.11. The number of aliphatic carboxylic acids is 1. The molecule has 6 heteroatoms. The highest BCUT2D eigenvalue weighted by Gasteiger charge is 2.33. The van der Waals surface area contributed by atoms with E-state index in [-0.39, 0.29) is 23.3 Å². The Morgan fingerprint density at radius 1 is 1.29 bits per heavy atom. The molecule has 1 heterocycles. The summed E-state index contributed by atoms with van der Waals surface area (Å²) in [5.41, 5.74) is -0.0519. The monoisotopic (exact) mass is 292 g/mol. The molecule has 0 radical (unpaired) electrons. The van der Waals surface area contributed by atoms with Crippen molar-refractivity contribution in [2.75, 3.05) is 6.54 Å². The van der Waals surface area contributed by atoms with E-state index in [1.165, 1.54) is 6.07 Å². The van der Waals surface area contributed by atoms with E-state index in [1.54, 1.807) is 22.9 Å². The SMILES string of the molecule is O=C(O)[C@@H]1CC[C@H](C(=O)NCCCn2ccccc2=O)C1. The number of amides is 1. The van der Waals surface area contributed by atoms with Crippen LogP contribution in [0.5, 0.6) is 0 Å². The molecule has 0 aromatic carbocycles. The highest BCUT2D eigenvalue weighted by Crippen LogP contribution is 2.30. The number of pyridine rings is 1. The lowest BCUT2D eigenvalue weighted by molar-refractivity contribution is -0.141. The zero-order chi connectivity index (χ0) is 15.2. The topological polar surface area (TPSA) is 88.4 Å². The predicted octanol–water partition coefficient (Wildman–Crippen LogP) is 0.855. The van der Waals surface area contributed by atoms with Crippen LogP contribution in [0.15, 0.2) is 29.2 Å². The quantitative estimate of drug-likeness (QED) is 0.761. The number of hydrogen-bond acceptors (Lipinski definition) is 3. The minimum absolute atomic E-state index is 0.0519. The van der Waals surface area contributed by atoms with Crippen molar-refractivity contribution >= 4 is 11.9 Å². The number of aryl methyl sites for hydroxylation is 1. The van der Waals surface area contributed by atoms with Gasteiger partial charge in [-0.2, -0.15) is 0 Å². The summed E-state index contributed by atoms with van der Waals surface area (Å²) in [5, 5.41) is 11.7. The van der Waals surface area contributed by atoms with Crippen LogP contribution in [0, 0.1) is 11.8 Å². The van der Waals surface area contributed by atoms with E-state index in [4.69, 9.17) is 5.11 Å². The van der Waals surface area contributed by atoms with E-state index in [9.17, 15) is 14.4 Å². The molecule has 2 N–H and O–H groups in total. The largest absolute Gasteiger partial charge is 0.481 e. The molecule has 0 spiro atoms. The fourth-order valence-corrected chi connectivity index (χ4v) is 2.69. The predicted molar refractivity (Wildman–Crippen MR) is 76.8 cm³/mol. The first kappa shape index (κ1) is 15.3. The Kier molecular flexibility index (Phi) is 5.14. The molecule has 21 heavy (non-hydrogen) atoms. The minimum Gasteiger partial charge on any atom is -0.481 e. The van der Waals surface area contributed by atoms with Gasteiger partial charge in [-0.05, 0) is 31.7 Å². The maximum Gasteiger partial charge on any atom is 0.306 e. The number of carbonyl (C=O) groups excluding carboxylic acids is 1. The van der Waals surface area contributed by atoms with Gasteiger partial charge in [-0.3, -0.25) is 14.4 Å². The molecule has 0 unspecified atom stereocenters. The van der Waals surface area contributed by atoms with Crippen molar-refractivity contribution in [2.45, 2.75) is 32.2 Å². The maximum absolute atomic E-state index is 11.9. The molecule has 2 atom stereocenters. The van der Waals surface area contributed by atoms with Crippen LogP contribution in [0.25, 0.3) is 0 Å². The Hall–Kier alpha value is -2.11. The van der Waals surface area contributed by atoms with Gasteiger partial charge >= 0.3 is 5.97 Å². The van der Waals surface area contributed by atoms with E-state index >= 15 is 0 Å². The van der Waals surface area contributed by atoms with Gasteiger partial charge in [0.05, 0.1) is 5.92 Å². The van der Waals surface area contributed by atoms with Crippen LogP contribution >= 0.6 is 0 Å². The van der Waals surface area contributed by atoms with Gasteiger partial charge in [0.25, 0.3) is 0 Å². The molecule has 114 valence electrons. The number of carboxylic acids is 1. The second-order valence-electron chi connectivity index (χ2n) is 5.42. The van der Waals surface area contributed by atoms with E-state index < -0.39 is 5.97 Å². The standard InChI is InChI=1S/C15H20N2O4/c18-13-4-1-2-8-17(13)9-3-7-16-14(19)11-5-6-12(10-11)15(20)21/h1-2,4,8,11-12H,3,5-7,9-10H2,(H,16,19)(H,20,21)/t11-,12+/m0/s1. The lowest BCUT2D eigenvalue weighted by atomic mass is 10.0. The van der Waals surface area contributed by atoms with Gasteiger partial charge in [0.1, 0.15) is 0 Å². The Labute approximate surface area is 122 Å². The number of carboxylic acid groups (broad SMARTS) is 1. The zero-order valence-corrected chi connectivity index (χ0v) is 11.8. The van der Waals surface area contributed by atoms with Gasteiger partial charge in [0, 0.05) is 31.3 Å².